The molecule has 3 heteroatoms. The van der Waals surface area contributed by atoms with E-state index in [0.717, 1.165) is 44.9 Å². The van der Waals surface area contributed by atoms with Gasteiger partial charge in [-0.05, 0) is 92.8 Å². The highest BCUT2D eigenvalue weighted by Gasteiger charge is 2.61. The number of hydrogen-bond donors (Lipinski definition) is 3. The molecule has 4 rings (SSSR count). The van der Waals surface area contributed by atoms with Crippen LogP contribution in [0.5, 0.6) is 0 Å². The molecule has 4 aliphatic carbocycles. The van der Waals surface area contributed by atoms with Crippen LogP contribution in [0.2, 0.25) is 0 Å². The zero-order valence-electron chi connectivity index (χ0n) is 19.9. The van der Waals surface area contributed by atoms with Crippen molar-refractivity contribution in [1.82, 2.24) is 0 Å². The second-order valence-corrected chi connectivity index (χ2v) is 12.1. The minimum atomic E-state index is -0.584. The van der Waals surface area contributed by atoms with E-state index in [-0.39, 0.29) is 22.9 Å². The number of rotatable bonds is 6. The van der Waals surface area contributed by atoms with Crippen LogP contribution in [-0.4, -0.2) is 33.1 Å². The molecule has 3 N–H and O–H groups in total. The van der Waals surface area contributed by atoms with Gasteiger partial charge in [-0.15, -0.1) is 0 Å². The van der Waals surface area contributed by atoms with Crippen molar-refractivity contribution in [3.8, 4) is 0 Å². The molecule has 0 aromatic heterocycles. The predicted molar refractivity (Wildman–Crippen MR) is 122 cm³/mol. The quantitative estimate of drug-likeness (QED) is 0.388. The summed E-state index contributed by atoms with van der Waals surface area (Å²) in [6.07, 6.45) is 14.6. The number of aliphatic hydroxyl groups is 3. The Hall–Kier alpha value is -0.380. The first-order chi connectivity index (χ1) is 14.1. The zero-order chi connectivity index (χ0) is 21.7. The Kier molecular flexibility index (Phi) is 6.23. The summed E-state index contributed by atoms with van der Waals surface area (Å²) >= 11 is 0. The molecule has 172 valence electrons. The molecular weight excluding hydrogens is 372 g/mol. The van der Waals surface area contributed by atoms with Crippen LogP contribution in [0, 0.1) is 34.5 Å². The SMILES string of the molecule is CCCCCC[C@](C)(O)[C@H]1CCC2C3=C[C@H](O)C4C[C@@H](O)CC[C@]4(C)C3CC[C@@]21C. The average molecular weight is 419 g/mol. The second kappa shape index (κ2) is 8.19. The third kappa shape index (κ3) is 3.61. The number of allylic oxidation sites excluding steroid dienone is 1. The van der Waals surface area contributed by atoms with Gasteiger partial charge in [0.05, 0.1) is 17.8 Å². The van der Waals surface area contributed by atoms with Gasteiger partial charge in [0.2, 0.25) is 0 Å². The maximum Gasteiger partial charge on any atom is 0.0758 e. The van der Waals surface area contributed by atoms with Crippen molar-refractivity contribution in [2.45, 2.75) is 123 Å². The first kappa shape index (κ1) is 22.8. The molecule has 0 radical (unpaired) electrons. The van der Waals surface area contributed by atoms with E-state index >= 15 is 0 Å². The Morgan fingerprint density at radius 2 is 1.67 bits per heavy atom. The highest BCUT2D eigenvalue weighted by atomic mass is 16.3. The summed E-state index contributed by atoms with van der Waals surface area (Å²) in [5.74, 6) is 1.60. The molecule has 0 aromatic rings. The lowest BCUT2D eigenvalue weighted by molar-refractivity contribution is -0.0995. The maximum absolute atomic E-state index is 11.5. The Bertz CT molecular complexity index is 654. The molecule has 0 saturated heterocycles. The van der Waals surface area contributed by atoms with Gasteiger partial charge in [0.25, 0.3) is 0 Å². The maximum atomic E-state index is 11.5. The van der Waals surface area contributed by atoms with Crippen LogP contribution in [0.1, 0.15) is 105 Å². The van der Waals surface area contributed by atoms with Crippen molar-refractivity contribution < 1.29 is 15.3 Å². The molecule has 0 aliphatic heterocycles. The van der Waals surface area contributed by atoms with Gasteiger partial charge < -0.3 is 15.3 Å². The van der Waals surface area contributed by atoms with Gasteiger partial charge in [-0.25, -0.2) is 0 Å². The molecule has 4 aliphatic rings. The fraction of sp³-hybridized carbons (Fsp3) is 0.926. The lowest BCUT2D eigenvalue weighted by Crippen LogP contribution is -2.54. The highest BCUT2D eigenvalue weighted by Crippen LogP contribution is 2.67. The number of hydrogen-bond acceptors (Lipinski definition) is 3. The lowest BCUT2D eigenvalue weighted by atomic mass is 9.47. The highest BCUT2D eigenvalue weighted by molar-refractivity contribution is 5.30. The molecule has 0 bridgehead atoms. The summed E-state index contributed by atoms with van der Waals surface area (Å²) < 4.78 is 0. The average Bonchev–Trinajstić information content (AvgIpc) is 3.05. The molecule has 0 aromatic carbocycles. The van der Waals surface area contributed by atoms with E-state index < -0.39 is 11.7 Å². The van der Waals surface area contributed by atoms with E-state index in [1.807, 2.05) is 0 Å². The van der Waals surface area contributed by atoms with Crippen LogP contribution >= 0.6 is 0 Å². The second-order valence-electron chi connectivity index (χ2n) is 12.1. The summed E-state index contributed by atoms with van der Waals surface area (Å²) in [5, 5.41) is 32.9. The summed E-state index contributed by atoms with van der Waals surface area (Å²) in [7, 11) is 0. The normalized spacial score (nSPS) is 47.6. The molecule has 0 heterocycles. The monoisotopic (exact) mass is 418 g/mol. The minimum absolute atomic E-state index is 0.116. The van der Waals surface area contributed by atoms with Crippen molar-refractivity contribution in [3.05, 3.63) is 11.6 Å². The molecule has 0 spiro atoms. The van der Waals surface area contributed by atoms with Crippen molar-refractivity contribution in [3.63, 3.8) is 0 Å². The largest absolute Gasteiger partial charge is 0.393 e. The van der Waals surface area contributed by atoms with Crippen LogP contribution in [-0.2, 0) is 0 Å². The molecule has 3 saturated carbocycles. The Balaban J connectivity index is 1.56. The van der Waals surface area contributed by atoms with E-state index in [1.165, 1.54) is 37.7 Å². The van der Waals surface area contributed by atoms with Gasteiger partial charge in [0.15, 0.2) is 0 Å². The first-order valence-electron chi connectivity index (χ1n) is 12.9. The molecular formula is C27H46O3. The van der Waals surface area contributed by atoms with Gasteiger partial charge in [-0.2, -0.15) is 0 Å². The Morgan fingerprint density at radius 1 is 0.967 bits per heavy atom. The fourth-order valence-electron chi connectivity index (χ4n) is 8.66. The Labute approximate surface area is 184 Å². The summed E-state index contributed by atoms with van der Waals surface area (Å²) in [5.41, 5.74) is 1.19. The molecule has 0 amide bonds. The lowest BCUT2D eigenvalue weighted by Gasteiger charge is -2.59. The van der Waals surface area contributed by atoms with Crippen LogP contribution in [0.4, 0.5) is 0 Å². The van der Waals surface area contributed by atoms with Crippen LogP contribution in [0.3, 0.4) is 0 Å². The van der Waals surface area contributed by atoms with E-state index in [4.69, 9.17) is 0 Å². The minimum Gasteiger partial charge on any atom is -0.393 e. The van der Waals surface area contributed by atoms with Crippen molar-refractivity contribution >= 4 is 0 Å². The van der Waals surface area contributed by atoms with Crippen molar-refractivity contribution in [2.24, 2.45) is 34.5 Å². The van der Waals surface area contributed by atoms with Gasteiger partial charge in [0.1, 0.15) is 0 Å². The standard InChI is InChI=1S/C27H46O3/c1-5-6-7-8-13-27(4,30)24-10-9-20-19-17-23(29)22-16-18(28)11-14-25(22,2)21(19)12-15-26(20,24)3/h17-18,20-24,28-30H,5-16H2,1-4H3/t18-,20?,21?,22?,23-,24-,25+,26-,27-/m0/s1. The van der Waals surface area contributed by atoms with Gasteiger partial charge in [-0.3, -0.25) is 0 Å². The van der Waals surface area contributed by atoms with Crippen LogP contribution in [0.15, 0.2) is 11.6 Å². The number of fused-ring (bicyclic) bond motifs is 5. The first-order valence-corrected chi connectivity index (χ1v) is 12.9. The summed E-state index contributed by atoms with van der Waals surface area (Å²) in [4.78, 5) is 0. The van der Waals surface area contributed by atoms with Crippen molar-refractivity contribution in [2.75, 3.05) is 0 Å². The topological polar surface area (TPSA) is 60.7 Å². The third-order valence-corrected chi connectivity index (χ3v) is 10.4. The molecule has 3 nitrogen and oxygen atoms in total. The van der Waals surface area contributed by atoms with Gasteiger partial charge in [0, 0.05) is 0 Å². The van der Waals surface area contributed by atoms with E-state index in [9.17, 15) is 15.3 Å². The van der Waals surface area contributed by atoms with Crippen LogP contribution < -0.4 is 0 Å². The summed E-state index contributed by atoms with van der Waals surface area (Å²) in [6, 6.07) is 0. The van der Waals surface area contributed by atoms with E-state index in [0.29, 0.717) is 17.8 Å². The van der Waals surface area contributed by atoms with E-state index in [1.54, 1.807) is 0 Å². The Morgan fingerprint density at radius 3 is 2.40 bits per heavy atom. The third-order valence-electron chi connectivity index (χ3n) is 10.4. The summed E-state index contributed by atoms with van der Waals surface area (Å²) in [6.45, 7) is 9.18. The van der Waals surface area contributed by atoms with Crippen LogP contribution in [0.25, 0.3) is 0 Å². The molecule has 9 atom stereocenters. The number of aliphatic hydroxyl groups excluding tert-OH is 2. The van der Waals surface area contributed by atoms with E-state index in [2.05, 4.69) is 33.8 Å². The van der Waals surface area contributed by atoms with Gasteiger partial charge in [-0.1, -0.05) is 58.1 Å². The number of unbranched alkanes of at least 4 members (excludes halogenated alkanes) is 3. The fourth-order valence-corrected chi connectivity index (χ4v) is 8.66. The van der Waals surface area contributed by atoms with Crippen molar-refractivity contribution in [1.29, 1.82) is 0 Å². The zero-order valence-corrected chi connectivity index (χ0v) is 19.9. The molecule has 3 fully saturated rings. The molecule has 30 heavy (non-hydrogen) atoms. The predicted octanol–water partition coefficient (Wildman–Crippen LogP) is 5.62. The smallest absolute Gasteiger partial charge is 0.0758 e. The van der Waals surface area contributed by atoms with Gasteiger partial charge >= 0.3 is 0 Å². The molecule has 3 unspecified atom stereocenters.